The first-order chi connectivity index (χ1) is 21.5. The summed E-state index contributed by atoms with van der Waals surface area (Å²) in [5.41, 5.74) is 2.01. The molecule has 0 bridgehead atoms. The molecule has 3 atom stereocenters. The third kappa shape index (κ3) is 7.34. The normalized spacial score (nSPS) is 25.3. The van der Waals surface area contributed by atoms with E-state index in [-0.39, 0.29) is 47.5 Å². The predicted molar refractivity (Wildman–Crippen MR) is 177 cm³/mol. The highest BCUT2D eigenvalue weighted by Gasteiger charge is 2.55. The molecule has 2 saturated heterocycles. The molecule has 9 nitrogen and oxygen atoms in total. The van der Waals surface area contributed by atoms with Gasteiger partial charge in [-0.25, -0.2) is 8.42 Å². The minimum Gasteiger partial charge on any atom is -0.495 e. The second kappa shape index (κ2) is 14.0. The fraction of sp³-hybridized carbons (Fsp3) is 0.588. The molecule has 3 unspecified atom stereocenters. The van der Waals surface area contributed by atoms with Gasteiger partial charge in [0.25, 0.3) is 0 Å². The lowest BCUT2D eigenvalue weighted by atomic mass is 9.95. The summed E-state index contributed by atoms with van der Waals surface area (Å²) in [6, 6.07) is 6.21. The van der Waals surface area contributed by atoms with Crippen LogP contribution in [0.3, 0.4) is 0 Å². The SMILES string of the molecule is C=C/C(=C(\C=C/CCl)OC)S(=O)(=O)N1CC(N(CC2CC2)CC2CC2)C(=O)N2C(Cc3ccc(C)cc3)C(=O)N(C(C)C)CC21. The van der Waals surface area contributed by atoms with Crippen molar-refractivity contribution in [2.24, 2.45) is 11.8 Å². The van der Waals surface area contributed by atoms with Crippen molar-refractivity contribution in [3.63, 3.8) is 0 Å². The minimum absolute atomic E-state index is 0.00724. The van der Waals surface area contributed by atoms with Crippen molar-refractivity contribution >= 4 is 33.4 Å². The van der Waals surface area contributed by atoms with Gasteiger partial charge in [-0.2, -0.15) is 4.31 Å². The Hall–Kier alpha value is -2.66. The number of allylic oxidation sites excluding steroid dienone is 3. The zero-order valence-corrected chi connectivity index (χ0v) is 28.5. The molecule has 4 fully saturated rings. The molecule has 5 rings (SSSR count). The molecule has 1 aromatic rings. The number of rotatable bonds is 14. The van der Waals surface area contributed by atoms with Crippen LogP contribution in [0.15, 0.2) is 59.7 Å². The van der Waals surface area contributed by atoms with Gasteiger partial charge in [0.1, 0.15) is 28.9 Å². The lowest BCUT2D eigenvalue weighted by Crippen LogP contribution is -2.76. The molecule has 45 heavy (non-hydrogen) atoms. The van der Waals surface area contributed by atoms with Crippen LogP contribution < -0.4 is 0 Å². The predicted octanol–water partition coefficient (Wildman–Crippen LogP) is 4.29. The standard InChI is InChI=1S/C34H47ClN4O5S/c1-6-31(30(44-5)8-7-17-35)45(42,43)38-21-29(36(19-26-13-14-26)20-27-15-16-27)34(41)39-28(18-25-11-9-24(4)10-12-25)33(40)37(23(2)3)22-32(38)39/h6-12,23,26-29,32H,1,13-22H2,2-5H3/b8-7-,31-30-. The molecular formula is C34H47ClN4O5S. The fourth-order valence-corrected chi connectivity index (χ4v) is 8.31. The molecule has 0 radical (unpaired) electrons. The molecule has 0 spiro atoms. The lowest BCUT2D eigenvalue weighted by Gasteiger charge is -2.55. The Labute approximate surface area is 273 Å². The maximum atomic E-state index is 14.7. The Morgan fingerprint density at radius 1 is 1.07 bits per heavy atom. The number of amides is 2. The van der Waals surface area contributed by atoms with E-state index in [2.05, 4.69) is 11.5 Å². The molecular weight excluding hydrogens is 612 g/mol. The topological polar surface area (TPSA) is 90.5 Å². The molecule has 246 valence electrons. The largest absolute Gasteiger partial charge is 0.495 e. The maximum absolute atomic E-state index is 14.7. The quantitative estimate of drug-likeness (QED) is 0.168. The Morgan fingerprint density at radius 3 is 2.20 bits per heavy atom. The first-order valence-electron chi connectivity index (χ1n) is 16.1. The summed E-state index contributed by atoms with van der Waals surface area (Å²) in [6.45, 7) is 11.3. The third-order valence-electron chi connectivity index (χ3n) is 9.40. The number of halogens is 1. The summed E-state index contributed by atoms with van der Waals surface area (Å²) < 4.78 is 36.4. The lowest BCUT2D eigenvalue weighted by molar-refractivity contribution is -0.172. The minimum atomic E-state index is -4.25. The van der Waals surface area contributed by atoms with E-state index in [1.807, 2.05) is 45.0 Å². The van der Waals surface area contributed by atoms with Gasteiger partial charge in [0, 0.05) is 38.0 Å². The third-order valence-corrected chi connectivity index (χ3v) is 11.5. The number of piperazine rings is 1. The van der Waals surface area contributed by atoms with E-state index in [1.54, 1.807) is 15.9 Å². The van der Waals surface area contributed by atoms with Crippen molar-refractivity contribution in [1.29, 1.82) is 0 Å². The first-order valence-corrected chi connectivity index (χ1v) is 18.0. The van der Waals surface area contributed by atoms with Gasteiger partial charge in [-0.05, 0) is 76.0 Å². The number of carbonyl (C=O) groups excluding carboxylic acids is 2. The molecule has 11 heteroatoms. The number of ether oxygens (including phenoxy) is 1. The average molecular weight is 659 g/mol. The van der Waals surface area contributed by atoms with Crippen LogP contribution in [0.25, 0.3) is 0 Å². The smallest absolute Gasteiger partial charge is 0.248 e. The second-order valence-corrected chi connectivity index (χ2v) is 15.3. The highest BCUT2D eigenvalue weighted by Crippen LogP contribution is 2.38. The molecule has 2 aliphatic heterocycles. The number of alkyl halides is 1. The summed E-state index contributed by atoms with van der Waals surface area (Å²) in [4.78, 5) is 34.3. The van der Waals surface area contributed by atoms with Crippen LogP contribution in [0.2, 0.25) is 0 Å². The number of sulfonamides is 1. The van der Waals surface area contributed by atoms with Crippen LogP contribution in [0.5, 0.6) is 0 Å². The monoisotopic (exact) mass is 658 g/mol. The average Bonchev–Trinajstić information content (AvgIpc) is 3.94. The van der Waals surface area contributed by atoms with Crippen LogP contribution in [0, 0.1) is 18.8 Å². The number of hydrogen-bond acceptors (Lipinski definition) is 6. The van der Waals surface area contributed by atoms with E-state index in [4.69, 9.17) is 16.3 Å². The van der Waals surface area contributed by atoms with Gasteiger partial charge in [0.15, 0.2) is 0 Å². The number of hydrogen-bond donors (Lipinski definition) is 0. The van der Waals surface area contributed by atoms with E-state index < -0.39 is 28.3 Å². The van der Waals surface area contributed by atoms with Gasteiger partial charge < -0.3 is 14.5 Å². The van der Waals surface area contributed by atoms with E-state index in [0.29, 0.717) is 18.3 Å². The summed E-state index contributed by atoms with van der Waals surface area (Å²) in [6.07, 6.45) is 8.28. The summed E-state index contributed by atoms with van der Waals surface area (Å²) in [5, 5.41) is 0. The number of carbonyl (C=O) groups is 2. The zero-order valence-electron chi connectivity index (χ0n) is 26.9. The van der Waals surface area contributed by atoms with E-state index in [0.717, 1.165) is 49.9 Å². The highest BCUT2D eigenvalue weighted by molar-refractivity contribution is 7.93. The number of methoxy groups -OCH3 is 1. The van der Waals surface area contributed by atoms with E-state index in [9.17, 15) is 18.0 Å². The van der Waals surface area contributed by atoms with Crippen LogP contribution >= 0.6 is 11.6 Å². The number of benzene rings is 1. The van der Waals surface area contributed by atoms with Gasteiger partial charge in [-0.15, -0.1) is 11.6 Å². The molecule has 0 aromatic heterocycles. The molecule has 2 heterocycles. The van der Waals surface area contributed by atoms with E-state index >= 15 is 0 Å². The molecule has 2 aliphatic carbocycles. The fourth-order valence-electron chi connectivity index (χ4n) is 6.53. The summed E-state index contributed by atoms with van der Waals surface area (Å²) in [7, 11) is -2.84. The van der Waals surface area contributed by atoms with E-state index in [1.165, 1.54) is 23.6 Å². The second-order valence-electron chi connectivity index (χ2n) is 13.1. The Bertz CT molecular complexity index is 1420. The summed E-state index contributed by atoms with van der Waals surface area (Å²) in [5.74, 6) is 0.976. The van der Waals surface area contributed by atoms with Gasteiger partial charge >= 0.3 is 0 Å². The molecule has 2 amide bonds. The number of nitrogens with zero attached hydrogens (tertiary/aromatic N) is 4. The van der Waals surface area contributed by atoms with Crippen molar-refractivity contribution in [3.8, 4) is 0 Å². The van der Waals surface area contributed by atoms with Crippen molar-refractivity contribution in [2.45, 2.75) is 77.2 Å². The number of aryl methyl sites for hydroxylation is 1. The van der Waals surface area contributed by atoms with Crippen molar-refractivity contribution in [1.82, 2.24) is 19.0 Å². The van der Waals surface area contributed by atoms with Gasteiger partial charge in [0.05, 0.1) is 13.7 Å². The van der Waals surface area contributed by atoms with Gasteiger partial charge in [-0.3, -0.25) is 14.5 Å². The molecule has 0 N–H and O–H groups in total. The summed E-state index contributed by atoms with van der Waals surface area (Å²) >= 11 is 5.88. The van der Waals surface area contributed by atoms with Crippen LogP contribution in [-0.2, 0) is 30.8 Å². The molecule has 2 saturated carbocycles. The molecule has 4 aliphatic rings. The Morgan fingerprint density at radius 2 is 1.69 bits per heavy atom. The van der Waals surface area contributed by atoms with Crippen molar-refractivity contribution in [3.05, 3.63) is 70.9 Å². The van der Waals surface area contributed by atoms with Crippen molar-refractivity contribution in [2.75, 3.05) is 39.2 Å². The zero-order chi connectivity index (χ0) is 32.5. The van der Waals surface area contributed by atoms with Crippen LogP contribution in [0.1, 0.15) is 50.7 Å². The maximum Gasteiger partial charge on any atom is 0.248 e. The number of fused-ring (bicyclic) bond motifs is 1. The highest BCUT2D eigenvalue weighted by atomic mass is 35.5. The van der Waals surface area contributed by atoms with Crippen LogP contribution in [-0.4, -0.2) is 103 Å². The van der Waals surface area contributed by atoms with Crippen molar-refractivity contribution < 1.29 is 22.7 Å². The molecule has 1 aromatic carbocycles. The van der Waals surface area contributed by atoms with Crippen LogP contribution in [0.4, 0.5) is 0 Å². The Kier molecular flexibility index (Phi) is 10.5. The van der Waals surface area contributed by atoms with Gasteiger partial charge in [-0.1, -0.05) is 42.5 Å². The van der Waals surface area contributed by atoms with Gasteiger partial charge in [0.2, 0.25) is 21.8 Å². The first kappa shape index (κ1) is 33.7. The Balaban J connectivity index is 1.64.